The molecule has 9 nitrogen and oxygen atoms in total. The number of aliphatic carboxylic acids is 2. The van der Waals surface area contributed by atoms with Crippen LogP contribution in [-0.4, -0.2) is 58.3 Å². The van der Waals surface area contributed by atoms with Gasteiger partial charge in [-0.2, -0.15) is 12.6 Å². The second kappa shape index (κ2) is 8.38. The van der Waals surface area contributed by atoms with Gasteiger partial charge in [-0.15, -0.1) is 0 Å². The van der Waals surface area contributed by atoms with E-state index in [0.717, 1.165) is 0 Å². The predicted molar refractivity (Wildman–Crippen MR) is 71.3 cm³/mol. The first kappa shape index (κ1) is 18.2. The molecule has 0 spiro atoms. The Morgan fingerprint density at radius 2 is 1.60 bits per heavy atom. The molecule has 0 aliphatic carbocycles. The van der Waals surface area contributed by atoms with Gasteiger partial charge < -0.3 is 26.6 Å². The van der Waals surface area contributed by atoms with Crippen molar-refractivity contribution in [2.24, 2.45) is 5.73 Å². The number of thiol groups is 1. The van der Waals surface area contributed by atoms with Gasteiger partial charge in [0.05, 0.1) is 6.54 Å². The molecule has 0 rings (SSSR count). The van der Waals surface area contributed by atoms with Crippen LogP contribution in [0.1, 0.15) is 12.8 Å². The van der Waals surface area contributed by atoms with Gasteiger partial charge in [-0.25, -0.2) is 0 Å². The Morgan fingerprint density at radius 1 is 1.05 bits per heavy atom. The van der Waals surface area contributed by atoms with Crippen molar-refractivity contribution in [3.05, 3.63) is 0 Å². The zero-order valence-electron chi connectivity index (χ0n) is 10.6. The summed E-state index contributed by atoms with van der Waals surface area (Å²) < 4.78 is 0. The average Bonchev–Trinajstić information content (AvgIpc) is 2.39. The van der Waals surface area contributed by atoms with Gasteiger partial charge in [0.2, 0.25) is 11.8 Å². The van der Waals surface area contributed by atoms with E-state index in [2.05, 4.69) is 23.3 Å². The minimum absolute atomic E-state index is 0.130. The van der Waals surface area contributed by atoms with Crippen LogP contribution in [0.2, 0.25) is 0 Å². The van der Waals surface area contributed by atoms with Crippen LogP contribution in [0.3, 0.4) is 0 Å². The minimum atomic E-state index is -1.61. The molecule has 0 bridgehead atoms. The van der Waals surface area contributed by atoms with Crippen LogP contribution in [0, 0.1) is 0 Å². The molecule has 1 unspecified atom stereocenters. The largest absolute Gasteiger partial charge is 0.480 e. The fourth-order valence-electron chi connectivity index (χ4n) is 1.09. The fraction of sp³-hybridized carbons (Fsp3) is 0.600. The van der Waals surface area contributed by atoms with Crippen molar-refractivity contribution >= 4 is 36.4 Å². The molecule has 10 heteroatoms. The maximum absolute atomic E-state index is 11.4. The maximum Gasteiger partial charge on any atom is 0.324 e. The molecular formula is C10H17N3O6S. The number of carboxylic acid groups (broad SMARTS) is 2. The van der Waals surface area contributed by atoms with Crippen LogP contribution in [0.25, 0.3) is 0 Å². The summed E-state index contributed by atoms with van der Waals surface area (Å²) in [6, 6.07) is 0. The normalized spacial score (nSPS) is 13.1. The van der Waals surface area contributed by atoms with E-state index < -0.39 is 42.4 Å². The van der Waals surface area contributed by atoms with Gasteiger partial charge in [-0.1, -0.05) is 0 Å². The highest BCUT2D eigenvalue weighted by atomic mass is 32.1. The predicted octanol–water partition coefficient (Wildman–Crippen LogP) is -2.20. The Hall–Kier alpha value is -1.81. The Balaban J connectivity index is 4.03. The topological polar surface area (TPSA) is 159 Å². The minimum Gasteiger partial charge on any atom is -0.480 e. The van der Waals surface area contributed by atoms with Crippen molar-refractivity contribution in [3.8, 4) is 0 Å². The molecule has 0 radical (unpaired) electrons. The Kier molecular flexibility index (Phi) is 7.62. The summed E-state index contributed by atoms with van der Waals surface area (Å²) >= 11 is 3.82. The molecule has 1 atom stereocenters. The molecular weight excluding hydrogens is 290 g/mol. The summed E-state index contributed by atoms with van der Waals surface area (Å²) in [6.07, 6.45) is -0.315. The van der Waals surface area contributed by atoms with E-state index in [0.29, 0.717) is 0 Å². The van der Waals surface area contributed by atoms with Crippen molar-refractivity contribution in [2.75, 3.05) is 18.8 Å². The zero-order valence-corrected chi connectivity index (χ0v) is 11.5. The molecule has 0 aromatic heterocycles. The van der Waals surface area contributed by atoms with E-state index >= 15 is 0 Å². The third-order valence-corrected chi connectivity index (χ3v) is 2.95. The van der Waals surface area contributed by atoms with E-state index in [9.17, 15) is 19.2 Å². The fourth-order valence-corrected chi connectivity index (χ4v) is 1.39. The first-order valence-electron chi connectivity index (χ1n) is 5.59. The number of nitrogens with one attached hydrogen (secondary N) is 2. The highest BCUT2D eigenvalue weighted by molar-refractivity contribution is 7.80. The molecule has 0 aliphatic rings. The Labute approximate surface area is 120 Å². The zero-order chi connectivity index (χ0) is 15.8. The molecule has 0 aliphatic heterocycles. The standard InChI is InChI=1S/C10H17N3O6S/c11-10(5-20,9(18)19)2-1-6(14)12-3-7(15)13-4-8(16)17/h20H,1-5,11H2,(H,12,14)(H,13,15)(H,16,17)(H,18,19). The van der Waals surface area contributed by atoms with Gasteiger partial charge in [0, 0.05) is 12.2 Å². The molecule has 2 amide bonds. The van der Waals surface area contributed by atoms with Crippen LogP contribution in [-0.2, 0) is 19.2 Å². The van der Waals surface area contributed by atoms with Crippen LogP contribution >= 0.6 is 12.6 Å². The SMILES string of the molecule is NC(CS)(CCC(=O)NCC(=O)NCC(=O)O)C(=O)O. The van der Waals surface area contributed by atoms with Gasteiger partial charge >= 0.3 is 11.9 Å². The average molecular weight is 307 g/mol. The Morgan fingerprint density at radius 3 is 2.05 bits per heavy atom. The van der Waals surface area contributed by atoms with Crippen molar-refractivity contribution in [2.45, 2.75) is 18.4 Å². The van der Waals surface area contributed by atoms with Gasteiger partial charge in [-0.3, -0.25) is 19.2 Å². The first-order valence-corrected chi connectivity index (χ1v) is 6.23. The van der Waals surface area contributed by atoms with E-state index in [1.54, 1.807) is 0 Å². The van der Waals surface area contributed by atoms with E-state index in [4.69, 9.17) is 15.9 Å². The molecule has 0 fully saturated rings. The van der Waals surface area contributed by atoms with Crippen molar-refractivity contribution in [1.29, 1.82) is 0 Å². The lowest BCUT2D eigenvalue weighted by Crippen LogP contribution is -2.50. The molecule has 20 heavy (non-hydrogen) atoms. The monoisotopic (exact) mass is 307 g/mol. The summed E-state index contributed by atoms with van der Waals surface area (Å²) in [5.41, 5.74) is 3.92. The van der Waals surface area contributed by atoms with Crippen molar-refractivity contribution in [1.82, 2.24) is 10.6 Å². The lowest BCUT2D eigenvalue weighted by Gasteiger charge is -2.21. The van der Waals surface area contributed by atoms with Gasteiger partial charge in [0.1, 0.15) is 12.1 Å². The van der Waals surface area contributed by atoms with Crippen LogP contribution in [0.4, 0.5) is 0 Å². The Bertz CT molecular complexity index is 402. The molecule has 0 saturated carbocycles. The van der Waals surface area contributed by atoms with Gasteiger partial charge in [-0.05, 0) is 6.42 Å². The number of nitrogens with two attached hydrogens (primary N) is 1. The lowest BCUT2D eigenvalue weighted by molar-refractivity contribution is -0.143. The maximum atomic E-state index is 11.4. The number of carbonyl (C=O) groups is 4. The summed E-state index contributed by atoms with van der Waals surface area (Å²) in [7, 11) is 0. The summed E-state index contributed by atoms with van der Waals surface area (Å²) in [5.74, 6) is -3.82. The number of rotatable bonds is 9. The van der Waals surface area contributed by atoms with Gasteiger partial charge in [0.15, 0.2) is 0 Å². The van der Waals surface area contributed by atoms with Crippen LogP contribution < -0.4 is 16.4 Å². The third kappa shape index (κ3) is 6.95. The van der Waals surface area contributed by atoms with E-state index in [1.165, 1.54) is 0 Å². The summed E-state index contributed by atoms with van der Waals surface area (Å²) in [4.78, 5) is 43.5. The lowest BCUT2D eigenvalue weighted by atomic mass is 9.97. The highest BCUT2D eigenvalue weighted by Crippen LogP contribution is 2.11. The molecule has 6 N–H and O–H groups in total. The molecule has 0 aromatic carbocycles. The van der Waals surface area contributed by atoms with Crippen molar-refractivity contribution < 1.29 is 29.4 Å². The summed E-state index contributed by atoms with van der Waals surface area (Å²) in [5, 5.41) is 21.5. The smallest absolute Gasteiger partial charge is 0.324 e. The first-order chi connectivity index (χ1) is 9.21. The van der Waals surface area contributed by atoms with Gasteiger partial charge in [0.25, 0.3) is 0 Å². The molecule has 0 aromatic rings. The van der Waals surface area contributed by atoms with Crippen LogP contribution in [0.5, 0.6) is 0 Å². The highest BCUT2D eigenvalue weighted by Gasteiger charge is 2.32. The van der Waals surface area contributed by atoms with Crippen molar-refractivity contribution in [3.63, 3.8) is 0 Å². The number of carboxylic acids is 2. The van der Waals surface area contributed by atoms with Crippen LogP contribution in [0.15, 0.2) is 0 Å². The molecule has 0 heterocycles. The number of hydrogen-bond donors (Lipinski definition) is 6. The number of carbonyl (C=O) groups excluding carboxylic acids is 2. The third-order valence-electron chi connectivity index (χ3n) is 2.39. The molecule has 114 valence electrons. The quantitative estimate of drug-likeness (QED) is 0.263. The number of amides is 2. The van der Waals surface area contributed by atoms with E-state index in [1.807, 2.05) is 0 Å². The molecule has 0 saturated heterocycles. The second-order valence-electron chi connectivity index (χ2n) is 4.07. The summed E-state index contributed by atoms with van der Waals surface area (Å²) in [6.45, 7) is -0.934. The number of hydrogen-bond acceptors (Lipinski definition) is 6. The van der Waals surface area contributed by atoms with E-state index in [-0.39, 0.29) is 18.6 Å². The second-order valence-corrected chi connectivity index (χ2v) is 4.38.